The molecule has 0 amide bonds. The standard InChI is InChI=1S/C16H19F2N/c1-19-16(11-5-4-10(17)7-12(11)18)15-13-8-2-3-9(6-8)14(13)15/h4-5,7-9,13-16,19H,2-3,6H2,1H3. The molecule has 1 nitrogen and oxygen atoms in total. The molecule has 3 heteroatoms. The summed E-state index contributed by atoms with van der Waals surface area (Å²) in [5.74, 6) is 3.00. The minimum atomic E-state index is -0.493. The van der Waals surface area contributed by atoms with Gasteiger partial charge in [-0.2, -0.15) is 0 Å². The highest BCUT2D eigenvalue weighted by Crippen LogP contribution is 2.72. The highest BCUT2D eigenvalue weighted by Gasteiger charge is 2.66. The van der Waals surface area contributed by atoms with E-state index in [1.54, 1.807) is 6.07 Å². The highest BCUT2D eigenvalue weighted by molar-refractivity contribution is 5.28. The van der Waals surface area contributed by atoms with E-state index in [9.17, 15) is 8.78 Å². The van der Waals surface area contributed by atoms with Gasteiger partial charge in [0.1, 0.15) is 11.6 Å². The predicted octanol–water partition coefficient (Wildman–Crippen LogP) is 3.52. The molecule has 0 heterocycles. The van der Waals surface area contributed by atoms with Crippen molar-refractivity contribution in [3.8, 4) is 0 Å². The largest absolute Gasteiger partial charge is 0.313 e. The molecule has 1 aromatic rings. The maximum atomic E-state index is 14.0. The Morgan fingerprint density at radius 2 is 1.84 bits per heavy atom. The van der Waals surface area contributed by atoms with Gasteiger partial charge in [-0.1, -0.05) is 6.07 Å². The lowest BCUT2D eigenvalue weighted by Crippen LogP contribution is -2.23. The Bertz CT molecular complexity index is 499. The van der Waals surface area contributed by atoms with Crippen LogP contribution in [0.2, 0.25) is 0 Å². The fourth-order valence-corrected chi connectivity index (χ4v) is 5.15. The summed E-state index contributed by atoms with van der Waals surface area (Å²) in [5, 5.41) is 3.28. The molecular formula is C16H19F2N. The molecule has 5 unspecified atom stereocenters. The third-order valence-corrected chi connectivity index (χ3v) is 5.79. The smallest absolute Gasteiger partial charge is 0.130 e. The zero-order valence-corrected chi connectivity index (χ0v) is 11.1. The van der Waals surface area contributed by atoms with Crippen LogP contribution in [0.4, 0.5) is 8.78 Å². The fourth-order valence-electron chi connectivity index (χ4n) is 5.15. The van der Waals surface area contributed by atoms with Crippen molar-refractivity contribution < 1.29 is 8.78 Å². The maximum absolute atomic E-state index is 14.0. The Hall–Kier alpha value is -0.960. The second-order valence-corrected chi connectivity index (χ2v) is 6.50. The van der Waals surface area contributed by atoms with Crippen molar-refractivity contribution in [2.24, 2.45) is 29.6 Å². The Morgan fingerprint density at radius 3 is 2.42 bits per heavy atom. The number of hydrogen-bond donors (Lipinski definition) is 1. The van der Waals surface area contributed by atoms with Crippen LogP contribution in [-0.2, 0) is 0 Å². The molecule has 3 aliphatic rings. The lowest BCUT2D eigenvalue weighted by molar-refractivity contribution is 0.376. The highest BCUT2D eigenvalue weighted by atomic mass is 19.1. The van der Waals surface area contributed by atoms with Gasteiger partial charge in [-0.15, -0.1) is 0 Å². The molecule has 4 rings (SSSR count). The van der Waals surface area contributed by atoms with Gasteiger partial charge in [0.15, 0.2) is 0 Å². The van der Waals surface area contributed by atoms with E-state index in [2.05, 4.69) is 5.32 Å². The van der Waals surface area contributed by atoms with Gasteiger partial charge < -0.3 is 5.32 Å². The molecule has 0 radical (unpaired) electrons. The summed E-state index contributed by atoms with van der Waals surface area (Å²) >= 11 is 0. The maximum Gasteiger partial charge on any atom is 0.130 e. The summed E-state index contributed by atoms with van der Waals surface area (Å²) in [7, 11) is 1.89. The molecule has 1 N–H and O–H groups in total. The molecule has 1 aromatic carbocycles. The van der Waals surface area contributed by atoms with E-state index in [-0.39, 0.29) is 6.04 Å². The molecule has 0 aromatic heterocycles. The molecular weight excluding hydrogens is 244 g/mol. The van der Waals surface area contributed by atoms with Crippen LogP contribution in [0.25, 0.3) is 0 Å². The Balaban J connectivity index is 1.63. The number of nitrogens with one attached hydrogen (secondary N) is 1. The Labute approximate surface area is 112 Å². The van der Waals surface area contributed by atoms with Gasteiger partial charge in [-0.25, -0.2) is 8.78 Å². The molecule has 0 aliphatic heterocycles. The van der Waals surface area contributed by atoms with Gasteiger partial charge in [0, 0.05) is 17.7 Å². The lowest BCUT2D eigenvalue weighted by atomic mass is 9.93. The van der Waals surface area contributed by atoms with Gasteiger partial charge in [-0.3, -0.25) is 0 Å². The molecule has 0 saturated heterocycles. The van der Waals surface area contributed by atoms with Crippen LogP contribution in [0.15, 0.2) is 18.2 Å². The van der Waals surface area contributed by atoms with E-state index in [0.29, 0.717) is 11.5 Å². The topological polar surface area (TPSA) is 12.0 Å². The molecule has 3 saturated carbocycles. The van der Waals surface area contributed by atoms with E-state index in [1.807, 2.05) is 7.05 Å². The average molecular weight is 263 g/mol. The van der Waals surface area contributed by atoms with Gasteiger partial charge in [0.05, 0.1) is 0 Å². The molecule has 102 valence electrons. The molecule has 5 atom stereocenters. The first kappa shape index (κ1) is 11.8. The molecule has 2 bridgehead atoms. The number of fused-ring (bicyclic) bond motifs is 5. The first-order valence-electron chi connectivity index (χ1n) is 7.33. The first-order valence-corrected chi connectivity index (χ1v) is 7.33. The van der Waals surface area contributed by atoms with Crippen molar-refractivity contribution in [1.29, 1.82) is 0 Å². The monoisotopic (exact) mass is 263 g/mol. The van der Waals surface area contributed by atoms with Gasteiger partial charge in [-0.05, 0) is 62.0 Å². The van der Waals surface area contributed by atoms with Gasteiger partial charge >= 0.3 is 0 Å². The van der Waals surface area contributed by atoms with Crippen molar-refractivity contribution in [3.63, 3.8) is 0 Å². The van der Waals surface area contributed by atoms with Crippen molar-refractivity contribution in [1.82, 2.24) is 5.32 Å². The summed E-state index contributed by atoms with van der Waals surface area (Å²) in [6.07, 6.45) is 4.13. The van der Waals surface area contributed by atoms with Crippen molar-refractivity contribution in [2.75, 3.05) is 7.05 Å². The molecule has 3 aliphatic carbocycles. The first-order chi connectivity index (χ1) is 9.20. The van der Waals surface area contributed by atoms with Gasteiger partial charge in [0.2, 0.25) is 0 Å². The minimum absolute atomic E-state index is 0.0546. The van der Waals surface area contributed by atoms with Crippen LogP contribution < -0.4 is 5.32 Å². The minimum Gasteiger partial charge on any atom is -0.313 e. The average Bonchev–Trinajstić information content (AvgIpc) is 2.80. The van der Waals surface area contributed by atoms with E-state index in [1.165, 1.54) is 25.3 Å². The van der Waals surface area contributed by atoms with E-state index in [4.69, 9.17) is 0 Å². The van der Waals surface area contributed by atoms with Crippen LogP contribution in [0, 0.1) is 41.2 Å². The summed E-state index contributed by atoms with van der Waals surface area (Å²) in [5.41, 5.74) is 0.641. The second-order valence-electron chi connectivity index (χ2n) is 6.50. The van der Waals surface area contributed by atoms with E-state index in [0.717, 1.165) is 29.7 Å². The van der Waals surface area contributed by atoms with E-state index < -0.39 is 11.6 Å². The van der Waals surface area contributed by atoms with Gasteiger partial charge in [0.25, 0.3) is 0 Å². The third-order valence-electron chi connectivity index (χ3n) is 5.79. The Morgan fingerprint density at radius 1 is 1.16 bits per heavy atom. The quantitative estimate of drug-likeness (QED) is 0.880. The number of rotatable bonds is 3. The van der Waals surface area contributed by atoms with Crippen LogP contribution in [0.1, 0.15) is 30.9 Å². The zero-order valence-electron chi connectivity index (χ0n) is 11.1. The lowest BCUT2D eigenvalue weighted by Gasteiger charge is -2.21. The molecule has 0 spiro atoms. The van der Waals surface area contributed by atoms with Crippen molar-refractivity contribution in [2.45, 2.75) is 25.3 Å². The second kappa shape index (κ2) is 4.02. The van der Waals surface area contributed by atoms with Crippen LogP contribution in [0.3, 0.4) is 0 Å². The fraction of sp³-hybridized carbons (Fsp3) is 0.625. The predicted molar refractivity (Wildman–Crippen MR) is 69.5 cm³/mol. The summed E-state index contributed by atoms with van der Waals surface area (Å²) < 4.78 is 27.0. The normalized spacial score (nSPS) is 40.3. The number of benzene rings is 1. The number of halogens is 2. The van der Waals surface area contributed by atoms with Crippen molar-refractivity contribution in [3.05, 3.63) is 35.4 Å². The van der Waals surface area contributed by atoms with Crippen molar-refractivity contribution >= 4 is 0 Å². The number of hydrogen-bond acceptors (Lipinski definition) is 1. The van der Waals surface area contributed by atoms with E-state index >= 15 is 0 Å². The van der Waals surface area contributed by atoms with Crippen LogP contribution >= 0.6 is 0 Å². The summed E-state index contributed by atoms with van der Waals surface area (Å²) in [4.78, 5) is 0. The summed E-state index contributed by atoms with van der Waals surface area (Å²) in [6.45, 7) is 0. The molecule has 19 heavy (non-hydrogen) atoms. The third kappa shape index (κ3) is 1.60. The Kier molecular flexibility index (Phi) is 2.50. The summed E-state index contributed by atoms with van der Waals surface area (Å²) in [6, 6.07) is 4.04. The molecule has 3 fully saturated rings. The van der Waals surface area contributed by atoms with Crippen LogP contribution in [0.5, 0.6) is 0 Å². The zero-order chi connectivity index (χ0) is 13.1. The SMILES string of the molecule is CNC(c1ccc(F)cc1F)C1C2C3CCC(C3)C21. The van der Waals surface area contributed by atoms with Crippen LogP contribution in [-0.4, -0.2) is 7.05 Å².